The van der Waals surface area contributed by atoms with Crippen LogP contribution in [0, 0.1) is 0 Å². The highest BCUT2D eigenvalue weighted by Gasteiger charge is 2.35. The van der Waals surface area contributed by atoms with E-state index >= 15 is 0 Å². The predicted molar refractivity (Wildman–Crippen MR) is 91.2 cm³/mol. The van der Waals surface area contributed by atoms with Gasteiger partial charge in [0, 0.05) is 24.5 Å². The van der Waals surface area contributed by atoms with Gasteiger partial charge >= 0.3 is 0 Å². The molecule has 1 aromatic rings. The summed E-state index contributed by atoms with van der Waals surface area (Å²) in [5.41, 5.74) is 2.23. The molecule has 0 fully saturated rings. The van der Waals surface area contributed by atoms with E-state index in [9.17, 15) is 0 Å². The molecular weight excluding hydrogens is 284 g/mol. The lowest BCUT2D eigenvalue weighted by atomic mass is 9.85. The summed E-state index contributed by atoms with van der Waals surface area (Å²) in [6.45, 7) is 9.61. The number of aromatic nitrogens is 2. The second kappa shape index (κ2) is 7.61. The molecule has 0 spiro atoms. The molecule has 0 aliphatic rings. The fourth-order valence-electron chi connectivity index (χ4n) is 2.91. The maximum Gasteiger partial charge on any atom is 0.0850 e. The molecule has 0 bridgehead atoms. The van der Waals surface area contributed by atoms with Crippen LogP contribution in [0.3, 0.4) is 0 Å². The van der Waals surface area contributed by atoms with Crippen LogP contribution in [0.2, 0.25) is 5.02 Å². The van der Waals surface area contributed by atoms with Gasteiger partial charge < -0.3 is 10.2 Å². The van der Waals surface area contributed by atoms with Gasteiger partial charge in [-0.15, -0.1) is 0 Å². The standard InChI is InChI=1S/C16H31ClN4/c1-8-12-15(17)13(21(10-3)19-12)11-14(18-5)16(4,9-2)20(6)7/h14,18H,8-11H2,1-7H3. The molecule has 21 heavy (non-hydrogen) atoms. The average Bonchev–Trinajstić information content (AvgIpc) is 2.79. The Kier molecular flexibility index (Phi) is 6.70. The van der Waals surface area contributed by atoms with Crippen molar-refractivity contribution in [2.75, 3.05) is 21.1 Å². The summed E-state index contributed by atoms with van der Waals surface area (Å²) in [6, 6.07) is 0.321. The van der Waals surface area contributed by atoms with Gasteiger partial charge in [-0.3, -0.25) is 4.68 Å². The lowest BCUT2D eigenvalue weighted by molar-refractivity contribution is 0.115. The first-order valence-electron chi connectivity index (χ1n) is 7.94. The van der Waals surface area contributed by atoms with Crippen molar-refractivity contribution >= 4 is 11.6 Å². The van der Waals surface area contributed by atoms with Gasteiger partial charge in [0.15, 0.2) is 0 Å². The fraction of sp³-hybridized carbons (Fsp3) is 0.812. The lowest BCUT2D eigenvalue weighted by Crippen LogP contribution is -2.57. The summed E-state index contributed by atoms with van der Waals surface area (Å²) in [6.07, 6.45) is 2.84. The van der Waals surface area contributed by atoms with Gasteiger partial charge in [0.25, 0.3) is 0 Å². The molecule has 1 rings (SSSR count). The van der Waals surface area contributed by atoms with Crippen molar-refractivity contribution in [3.8, 4) is 0 Å². The van der Waals surface area contributed by atoms with E-state index < -0.39 is 0 Å². The summed E-state index contributed by atoms with van der Waals surface area (Å²) in [5, 5.41) is 8.96. The van der Waals surface area contributed by atoms with E-state index in [4.69, 9.17) is 11.6 Å². The van der Waals surface area contributed by atoms with Gasteiger partial charge in [0.1, 0.15) is 0 Å². The van der Waals surface area contributed by atoms with Crippen LogP contribution in [-0.4, -0.2) is 47.4 Å². The van der Waals surface area contributed by atoms with Gasteiger partial charge in [-0.25, -0.2) is 0 Å². The van der Waals surface area contributed by atoms with Gasteiger partial charge in [0.05, 0.1) is 16.4 Å². The topological polar surface area (TPSA) is 33.1 Å². The maximum atomic E-state index is 6.56. The van der Waals surface area contributed by atoms with E-state index in [0.29, 0.717) is 6.04 Å². The van der Waals surface area contributed by atoms with Crippen LogP contribution in [0.15, 0.2) is 0 Å². The number of hydrogen-bond acceptors (Lipinski definition) is 3. The molecule has 1 N–H and O–H groups in total. The number of likely N-dealkylation sites (N-methyl/N-ethyl adjacent to an activating group) is 2. The molecule has 2 atom stereocenters. The summed E-state index contributed by atoms with van der Waals surface area (Å²) in [7, 11) is 6.32. The summed E-state index contributed by atoms with van der Waals surface area (Å²) < 4.78 is 2.05. The van der Waals surface area contributed by atoms with E-state index in [-0.39, 0.29) is 5.54 Å². The van der Waals surface area contributed by atoms with Crippen LogP contribution in [0.1, 0.15) is 45.5 Å². The summed E-state index contributed by atoms with van der Waals surface area (Å²) >= 11 is 6.56. The van der Waals surface area contributed by atoms with Crippen LogP contribution >= 0.6 is 11.6 Å². The highest BCUT2D eigenvalue weighted by molar-refractivity contribution is 6.31. The van der Waals surface area contributed by atoms with Crippen LogP contribution in [0.25, 0.3) is 0 Å². The first-order valence-corrected chi connectivity index (χ1v) is 8.32. The number of rotatable bonds is 8. The fourth-order valence-corrected chi connectivity index (χ4v) is 3.26. The Hall–Kier alpha value is -0.580. The van der Waals surface area contributed by atoms with Crippen LogP contribution < -0.4 is 5.32 Å². The molecule has 4 nitrogen and oxygen atoms in total. The minimum Gasteiger partial charge on any atom is -0.315 e. The Morgan fingerprint density at radius 3 is 2.33 bits per heavy atom. The van der Waals surface area contributed by atoms with Crippen LogP contribution in [0.4, 0.5) is 0 Å². The second-order valence-electron chi connectivity index (χ2n) is 6.03. The molecule has 0 radical (unpaired) electrons. The maximum absolute atomic E-state index is 6.56. The van der Waals surface area contributed by atoms with Crippen molar-refractivity contribution in [1.29, 1.82) is 0 Å². The Balaban J connectivity index is 3.15. The van der Waals surface area contributed by atoms with E-state index in [2.05, 4.69) is 61.8 Å². The molecule has 0 aromatic carbocycles. The minimum atomic E-state index is 0.0767. The quantitative estimate of drug-likeness (QED) is 0.801. The van der Waals surface area contributed by atoms with Crippen LogP contribution in [-0.2, 0) is 19.4 Å². The van der Waals surface area contributed by atoms with E-state index in [1.807, 2.05) is 7.05 Å². The molecule has 1 aromatic heterocycles. The van der Waals surface area contributed by atoms with Crippen molar-refractivity contribution in [2.24, 2.45) is 0 Å². The molecule has 0 saturated heterocycles. The molecule has 2 unspecified atom stereocenters. The Morgan fingerprint density at radius 2 is 1.95 bits per heavy atom. The largest absolute Gasteiger partial charge is 0.315 e. The van der Waals surface area contributed by atoms with Crippen molar-refractivity contribution in [1.82, 2.24) is 20.0 Å². The average molecular weight is 315 g/mol. The molecule has 1 heterocycles. The zero-order chi connectivity index (χ0) is 16.2. The monoisotopic (exact) mass is 314 g/mol. The Morgan fingerprint density at radius 1 is 1.33 bits per heavy atom. The number of aryl methyl sites for hydroxylation is 2. The van der Waals surface area contributed by atoms with Crippen molar-refractivity contribution in [3.63, 3.8) is 0 Å². The highest BCUT2D eigenvalue weighted by Crippen LogP contribution is 2.28. The number of nitrogens with zero attached hydrogens (tertiary/aromatic N) is 3. The van der Waals surface area contributed by atoms with Crippen molar-refractivity contribution < 1.29 is 0 Å². The zero-order valence-electron chi connectivity index (χ0n) is 14.6. The minimum absolute atomic E-state index is 0.0767. The summed E-state index contributed by atoms with van der Waals surface area (Å²) in [5.74, 6) is 0. The Bertz CT molecular complexity index is 455. The lowest BCUT2D eigenvalue weighted by Gasteiger charge is -2.42. The van der Waals surface area contributed by atoms with E-state index in [0.717, 1.165) is 42.2 Å². The number of halogens is 1. The second-order valence-corrected chi connectivity index (χ2v) is 6.41. The highest BCUT2D eigenvalue weighted by atomic mass is 35.5. The first kappa shape index (κ1) is 18.5. The van der Waals surface area contributed by atoms with Gasteiger partial charge in [0.2, 0.25) is 0 Å². The first-order chi connectivity index (χ1) is 9.85. The summed E-state index contributed by atoms with van der Waals surface area (Å²) in [4.78, 5) is 2.30. The zero-order valence-corrected chi connectivity index (χ0v) is 15.4. The van der Waals surface area contributed by atoms with Crippen molar-refractivity contribution in [2.45, 2.75) is 65.1 Å². The third-order valence-electron chi connectivity index (χ3n) is 4.93. The van der Waals surface area contributed by atoms with E-state index in [1.54, 1.807) is 0 Å². The molecule has 0 aliphatic carbocycles. The third-order valence-corrected chi connectivity index (χ3v) is 5.36. The Labute approximate surface area is 134 Å². The number of hydrogen-bond donors (Lipinski definition) is 1. The molecule has 0 amide bonds. The molecule has 122 valence electrons. The molecule has 0 saturated carbocycles. The van der Waals surface area contributed by atoms with Gasteiger partial charge in [-0.2, -0.15) is 5.10 Å². The van der Waals surface area contributed by atoms with Crippen molar-refractivity contribution in [3.05, 3.63) is 16.4 Å². The SMILES string of the molecule is CCc1nn(CC)c(CC(NC)C(C)(CC)N(C)C)c1Cl. The van der Waals surface area contributed by atoms with Crippen LogP contribution in [0.5, 0.6) is 0 Å². The molecule has 5 heteroatoms. The predicted octanol–water partition coefficient (Wildman–Crippen LogP) is 2.98. The normalized spacial score (nSPS) is 16.2. The van der Waals surface area contributed by atoms with Gasteiger partial charge in [-0.1, -0.05) is 25.4 Å². The smallest absolute Gasteiger partial charge is 0.0850 e. The van der Waals surface area contributed by atoms with E-state index in [1.165, 1.54) is 0 Å². The molecular formula is C16H31ClN4. The van der Waals surface area contributed by atoms with Gasteiger partial charge in [-0.05, 0) is 47.8 Å². The third kappa shape index (κ3) is 3.61. The molecule has 0 aliphatic heterocycles. The number of nitrogens with one attached hydrogen (secondary N) is 1.